The number of nitrogens with two attached hydrogens (primary N) is 1. The van der Waals surface area contributed by atoms with Gasteiger partial charge in [0.15, 0.2) is 6.10 Å². The lowest BCUT2D eigenvalue weighted by molar-refractivity contribution is -0.123. The highest BCUT2D eigenvalue weighted by Crippen LogP contribution is 2.17. The van der Waals surface area contributed by atoms with Crippen molar-refractivity contribution >= 4 is 5.91 Å². The maximum Gasteiger partial charge on any atom is 0.258 e. The molecule has 0 aliphatic heterocycles. The molecule has 76 valence electrons. The first-order chi connectivity index (χ1) is 6.49. The zero-order valence-electron chi connectivity index (χ0n) is 8.70. The molecule has 0 unspecified atom stereocenters. The van der Waals surface area contributed by atoms with E-state index in [0.717, 1.165) is 11.1 Å². The molecule has 0 aliphatic carbocycles. The monoisotopic (exact) mass is 193 g/mol. The topological polar surface area (TPSA) is 52.3 Å². The second kappa shape index (κ2) is 4.13. The molecule has 3 heteroatoms. The first kappa shape index (κ1) is 10.6. The molecular formula is C11H15NO2. The highest BCUT2D eigenvalue weighted by molar-refractivity contribution is 5.78. The van der Waals surface area contributed by atoms with Gasteiger partial charge in [-0.15, -0.1) is 0 Å². The van der Waals surface area contributed by atoms with Gasteiger partial charge in [-0.2, -0.15) is 0 Å². The van der Waals surface area contributed by atoms with Gasteiger partial charge >= 0.3 is 0 Å². The number of benzene rings is 1. The van der Waals surface area contributed by atoms with Crippen molar-refractivity contribution in [1.82, 2.24) is 0 Å². The standard InChI is InChI=1S/C11H15NO2/c1-7-4-8(2)6-10(5-7)14-9(3)11(12)13/h4-6,9H,1-3H3,(H2,12,13)/t9-/m0/s1. The van der Waals surface area contributed by atoms with E-state index in [1.807, 2.05) is 32.0 Å². The van der Waals surface area contributed by atoms with Gasteiger partial charge in [-0.05, 0) is 44.0 Å². The van der Waals surface area contributed by atoms with E-state index in [1.54, 1.807) is 6.92 Å². The molecule has 0 saturated heterocycles. The average Bonchev–Trinajstić information content (AvgIpc) is 2.01. The summed E-state index contributed by atoms with van der Waals surface area (Å²) < 4.78 is 5.36. The minimum absolute atomic E-state index is 0.454. The molecule has 1 atom stereocenters. The molecule has 1 aromatic rings. The number of primary amides is 1. The van der Waals surface area contributed by atoms with Gasteiger partial charge in [0.1, 0.15) is 5.75 Å². The highest BCUT2D eigenvalue weighted by Gasteiger charge is 2.10. The predicted molar refractivity (Wildman–Crippen MR) is 55.2 cm³/mol. The van der Waals surface area contributed by atoms with Crippen LogP contribution in [-0.2, 0) is 4.79 Å². The maximum absolute atomic E-state index is 10.8. The molecule has 0 radical (unpaired) electrons. The van der Waals surface area contributed by atoms with Crippen molar-refractivity contribution in [2.75, 3.05) is 0 Å². The van der Waals surface area contributed by atoms with E-state index in [2.05, 4.69) is 0 Å². The van der Waals surface area contributed by atoms with E-state index < -0.39 is 12.0 Å². The van der Waals surface area contributed by atoms with Crippen LogP contribution in [0, 0.1) is 13.8 Å². The molecule has 1 amide bonds. The molecule has 1 aromatic carbocycles. The summed E-state index contributed by atoms with van der Waals surface area (Å²) in [6.45, 7) is 5.60. The lowest BCUT2D eigenvalue weighted by Crippen LogP contribution is -2.30. The molecule has 3 nitrogen and oxygen atoms in total. The fraction of sp³-hybridized carbons (Fsp3) is 0.364. The largest absolute Gasteiger partial charge is 0.481 e. The first-order valence-corrected chi connectivity index (χ1v) is 4.53. The van der Waals surface area contributed by atoms with Crippen LogP contribution in [0.4, 0.5) is 0 Å². The number of carbonyl (C=O) groups is 1. The molecule has 1 rings (SSSR count). The summed E-state index contributed by atoms with van der Waals surface area (Å²) in [4.78, 5) is 10.8. The van der Waals surface area contributed by atoms with Crippen molar-refractivity contribution in [1.29, 1.82) is 0 Å². The zero-order valence-corrected chi connectivity index (χ0v) is 8.70. The fourth-order valence-electron chi connectivity index (χ4n) is 1.26. The van der Waals surface area contributed by atoms with Gasteiger partial charge in [0, 0.05) is 0 Å². The fourth-order valence-corrected chi connectivity index (χ4v) is 1.26. The number of rotatable bonds is 3. The van der Waals surface area contributed by atoms with E-state index in [9.17, 15) is 4.79 Å². The number of amides is 1. The minimum atomic E-state index is -0.587. The Balaban J connectivity index is 2.81. The van der Waals surface area contributed by atoms with Crippen molar-refractivity contribution in [2.24, 2.45) is 5.73 Å². The van der Waals surface area contributed by atoms with Gasteiger partial charge < -0.3 is 10.5 Å². The summed E-state index contributed by atoms with van der Waals surface area (Å²) in [5, 5.41) is 0. The van der Waals surface area contributed by atoms with Crippen LogP contribution in [0.2, 0.25) is 0 Å². The average molecular weight is 193 g/mol. The molecule has 0 spiro atoms. The summed E-state index contributed by atoms with van der Waals surface area (Å²) in [5.41, 5.74) is 7.31. The SMILES string of the molecule is Cc1cc(C)cc(O[C@@H](C)C(N)=O)c1. The number of hydrogen-bond donors (Lipinski definition) is 1. The van der Waals surface area contributed by atoms with Crippen molar-refractivity contribution in [3.63, 3.8) is 0 Å². The summed E-state index contributed by atoms with van der Waals surface area (Å²) in [5.74, 6) is 0.234. The molecule has 0 aliphatic rings. The Labute approximate surface area is 83.9 Å². The van der Waals surface area contributed by atoms with Gasteiger partial charge in [0.05, 0.1) is 0 Å². The van der Waals surface area contributed by atoms with Crippen LogP contribution in [0.1, 0.15) is 18.1 Å². The van der Waals surface area contributed by atoms with Crippen LogP contribution in [-0.4, -0.2) is 12.0 Å². The molecule has 2 N–H and O–H groups in total. The van der Waals surface area contributed by atoms with Gasteiger partial charge in [-0.3, -0.25) is 4.79 Å². The van der Waals surface area contributed by atoms with E-state index >= 15 is 0 Å². The Hall–Kier alpha value is -1.51. The molecule has 0 fully saturated rings. The third-order valence-electron chi connectivity index (χ3n) is 1.91. The highest BCUT2D eigenvalue weighted by atomic mass is 16.5. The number of aryl methyl sites for hydroxylation is 2. The lowest BCUT2D eigenvalue weighted by atomic mass is 10.1. The van der Waals surface area contributed by atoms with Crippen LogP contribution < -0.4 is 10.5 Å². The third-order valence-corrected chi connectivity index (χ3v) is 1.91. The minimum Gasteiger partial charge on any atom is -0.481 e. The van der Waals surface area contributed by atoms with Crippen LogP contribution in [0.3, 0.4) is 0 Å². The Morgan fingerprint density at radius 1 is 1.29 bits per heavy atom. The Morgan fingerprint density at radius 3 is 2.21 bits per heavy atom. The summed E-state index contributed by atoms with van der Waals surface area (Å²) >= 11 is 0. The third kappa shape index (κ3) is 2.76. The van der Waals surface area contributed by atoms with Gasteiger partial charge in [-0.25, -0.2) is 0 Å². The normalized spacial score (nSPS) is 12.2. The molecule has 0 aromatic heterocycles. The molecule has 14 heavy (non-hydrogen) atoms. The number of hydrogen-bond acceptors (Lipinski definition) is 2. The van der Waals surface area contributed by atoms with Crippen molar-refractivity contribution in [3.8, 4) is 5.75 Å². The predicted octanol–water partition coefficient (Wildman–Crippen LogP) is 1.56. The summed E-state index contributed by atoms with van der Waals surface area (Å²) in [6, 6.07) is 5.81. The van der Waals surface area contributed by atoms with Gasteiger partial charge in [0.25, 0.3) is 5.91 Å². The Morgan fingerprint density at radius 2 is 1.79 bits per heavy atom. The van der Waals surface area contributed by atoms with Crippen molar-refractivity contribution < 1.29 is 9.53 Å². The molecular weight excluding hydrogens is 178 g/mol. The van der Waals surface area contributed by atoms with E-state index in [-0.39, 0.29) is 0 Å². The van der Waals surface area contributed by atoms with Gasteiger partial charge in [0.2, 0.25) is 0 Å². The van der Waals surface area contributed by atoms with E-state index in [1.165, 1.54) is 0 Å². The van der Waals surface area contributed by atoms with Crippen molar-refractivity contribution in [3.05, 3.63) is 29.3 Å². The molecule has 0 heterocycles. The van der Waals surface area contributed by atoms with Crippen LogP contribution in [0.25, 0.3) is 0 Å². The lowest BCUT2D eigenvalue weighted by Gasteiger charge is -2.12. The van der Waals surface area contributed by atoms with Crippen LogP contribution in [0.15, 0.2) is 18.2 Å². The first-order valence-electron chi connectivity index (χ1n) is 4.53. The quantitative estimate of drug-likeness (QED) is 0.792. The smallest absolute Gasteiger partial charge is 0.258 e. The number of carbonyl (C=O) groups excluding carboxylic acids is 1. The van der Waals surface area contributed by atoms with E-state index in [0.29, 0.717) is 5.75 Å². The van der Waals surface area contributed by atoms with Crippen molar-refractivity contribution in [2.45, 2.75) is 26.9 Å². The summed E-state index contributed by atoms with van der Waals surface area (Å²) in [7, 11) is 0. The Kier molecular flexibility index (Phi) is 3.12. The number of ether oxygens (including phenoxy) is 1. The van der Waals surface area contributed by atoms with E-state index in [4.69, 9.17) is 10.5 Å². The molecule has 0 saturated carbocycles. The summed E-state index contributed by atoms with van der Waals surface area (Å²) in [6.07, 6.45) is -0.587. The van der Waals surface area contributed by atoms with Crippen LogP contribution in [0.5, 0.6) is 5.75 Å². The molecule has 0 bridgehead atoms. The zero-order chi connectivity index (χ0) is 10.7. The second-order valence-electron chi connectivity index (χ2n) is 3.49. The van der Waals surface area contributed by atoms with Gasteiger partial charge in [-0.1, -0.05) is 6.07 Å². The maximum atomic E-state index is 10.8. The Bertz CT molecular complexity index is 327. The second-order valence-corrected chi connectivity index (χ2v) is 3.49. The van der Waals surface area contributed by atoms with Crippen LogP contribution >= 0.6 is 0 Å².